The number of halogens is 1. The SMILES string of the molecule is CN(C)C(=O)NCCNC(=O)c1ccc(Br)c(O)c1. The zero-order chi connectivity index (χ0) is 14.4. The van der Waals surface area contributed by atoms with Crippen LogP contribution >= 0.6 is 15.9 Å². The first-order valence-corrected chi connectivity index (χ1v) is 6.43. The van der Waals surface area contributed by atoms with Crippen LogP contribution in [0.4, 0.5) is 4.79 Å². The molecule has 0 aliphatic rings. The number of nitrogens with zero attached hydrogens (tertiary/aromatic N) is 1. The van der Waals surface area contributed by atoms with E-state index in [0.29, 0.717) is 23.1 Å². The lowest BCUT2D eigenvalue weighted by Crippen LogP contribution is -2.39. The molecule has 19 heavy (non-hydrogen) atoms. The number of hydrogen-bond acceptors (Lipinski definition) is 3. The Bertz CT molecular complexity index is 477. The molecule has 104 valence electrons. The third-order valence-corrected chi connectivity index (χ3v) is 2.97. The summed E-state index contributed by atoms with van der Waals surface area (Å²) in [5.41, 5.74) is 0.361. The van der Waals surface area contributed by atoms with Crippen molar-refractivity contribution in [1.29, 1.82) is 0 Å². The number of rotatable bonds is 4. The monoisotopic (exact) mass is 329 g/mol. The van der Waals surface area contributed by atoms with Crippen molar-refractivity contribution in [3.05, 3.63) is 28.2 Å². The van der Waals surface area contributed by atoms with E-state index in [1.54, 1.807) is 26.2 Å². The molecule has 0 saturated heterocycles. The molecular formula is C12H16BrN3O3. The van der Waals surface area contributed by atoms with Crippen LogP contribution in [-0.4, -0.2) is 49.1 Å². The molecule has 0 aromatic heterocycles. The fourth-order valence-corrected chi connectivity index (χ4v) is 1.51. The van der Waals surface area contributed by atoms with Crippen LogP contribution in [0.1, 0.15) is 10.4 Å². The zero-order valence-electron chi connectivity index (χ0n) is 10.7. The molecule has 0 radical (unpaired) electrons. The smallest absolute Gasteiger partial charge is 0.316 e. The Morgan fingerprint density at radius 3 is 2.47 bits per heavy atom. The second-order valence-electron chi connectivity index (χ2n) is 4.05. The number of benzene rings is 1. The van der Waals surface area contributed by atoms with Crippen molar-refractivity contribution in [2.75, 3.05) is 27.2 Å². The van der Waals surface area contributed by atoms with E-state index in [2.05, 4.69) is 26.6 Å². The minimum absolute atomic E-state index is 0.00793. The van der Waals surface area contributed by atoms with Crippen molar-refractivity contribution in [2.45, 2.75) is 0 Å². The summed E-state index contributed by atoms with van der Waals surface area (Å²) in [6.45, 7) is 0.653. The number of amides is 3. The molecule has 0 bridgehead atoms. The van der Waals surface area contributed by atoms with Crippen molar-refractivity contribution < 1.29 is 14.7 Å². The van der Waals surface area contributed by atoms with E-state index < -0.39 is 0 Å². The van der Waals surface area contributed by atoms with Crippen molar-refractivity contribution >= 4 is 27.9 Å². The molecule has 6 nitrogen and oxygen atoms in total. The quantitative estimate of drug-likeness (QED) is 0.725. The molecule has 3 amide bonds. The lowest BCUT2D eigenvalue weighted by Gasteiger charge is -2.12. The van der Waals surface area contributed by atoms with Gasteiger partial charge >= 0.3 is 6.03 Å². The van der Waals surface area contributed by atoms with Crippen LogP contribution < -0.4 is 10.6 Å². The summed E-state index contributed by atoms with van der Waals surface area (Å²) in [5, 5.41) is 14.7. The molecule has 3 N–H and O–H groups in total. The number of carbonyl (C=O) groups is 2. The molecule has 0 aliphatic heterocycles. The molecule has 0 spiro atoms. The van der Waals surface area contributed by atoms with Crippen LogP contribution in [0.25, 0.3) is 0 Å². The Kier molecular flexibility index (Phi) is 5.62. The summed E-state index contributed by atoms with van der Waals surface area (Å²) in [5.74, 6) is -0.296. The zero-order valence-corrected chi connectivity index (χ0v) is 12.3. The summed E-state index contributed by atoms with van der Waals surface area (Å²) in [7, 11) is 3.27. The maximum atomic E-state index is 11.7. The van der Waals surface area contributed by atoms with Crippen LogP contribution in [0.5, 0.6) is 5.75 Å². The molecule has 7 heteroatoms. The van der Waals surface area contributed by atoms with Gasteiger partial charge in [-0.25, -0.2) is 4.79 Å². The van der Waals surface area contributed by atoms with Crippen molar-refractivity contribution in [3.63, 3.8) is 0 Å². The fraction of sp³-hybridized carbons (Fsp3) is 0.333. The molecule has 0 fully saturated rings. The van der Waals surface area contributed by atoms with Crippen LogP contribution in [0.15, 0.2) is 22.7 Å². The van der Waals surface area contributed by atoms with Crippen molar-refractivity contribution in [3.8, 4) is 5.75 Å². The minimum atomic E-state index is -0.304. The van der Waals surface area contributed by atoms with E-state index in [0.717, 1.165) is 0 Å². The van der Waals surface area contributed by atoms with Gasteiger partial charge in [-0.3, -0.25) is 4.79 Å². The number of aromatic hydroxyl groups is 1. The summed E-state index contributed by atoms with van der Waals surface area (Å²) in [4.78, 5) is 24.3. The maximum absolute atomic E-state index is 11.7. The van der Waals surface area contributed by atoms with E-state index in [4.69, 9.17) is 0 Å². The van der Waals surface area contributed by atoms with Gasteiger partial charge in [-0.1, -0.05) is 0 Å². The molecule has 0 unspecified atom stereocenters. The summed E-state index contributed by atoms with van der Waals surface area (Å²) < 4.78 is 0.530. The predicted molar refractivity (Wildman–Crippen MR) is 75.2 cm³/mol. The van der Waals surface area contributed by atoms with E-state index in [9.17, 15) is 14.7 Å². The average molecular weight is 330 g/mol. The summed E-state index contributed by atoms with van der Waals surface area (Å²) >= 11 is 3.14. The molecule has 1 aromatic carbocycles. The molecule has 0 heterocycles. The van der Waals surface area contributed by atoms with Gasteiger partial charge in [0.2, 0.25) is 0 Å². The van der Waals surface area contributed by atoms with Gasteiger partial charge in [0.25, 0.3) is 5.91 Å². The number of urea groups is 1. The molecule has 0 aliphatic carbocycles. The van der Waals surface area contributed by atoms with E-state index >= 15 is 0 Å². The highest BCUT2D eigenvalue weighted by Crippen LogP contribution is 2.24. The number of nitrogens with one attached hydrogen (secondary N) is 2. The maximum Gasteiger partial charge on any atom is 0.316 e. The standard InChI is InChI=1S/C12H16BrN3O3/c1-16(2)12(19)15-6-5-14-11(18)8-3-4-9(13)10(17)7-8/h3-4,7,17H,5-6H2,1-2H3,(H,14,18)(H,15,19). The first-order chi connectivity index (χ1) is 8.91. The third-order valence-electron chi connectivity index (χ3n) is 2.30. The Balaban J connectivity index is 2.39. The largest absolute Gasteiger partial charge is 0.507 e. The Hall–Kier alpha value is -1.76. The molecule has 0 atom stereocenters. The highest BCUT2D eigenvalue weighted by Gasteiger charge is 2.08. The van der Waals surface area contributed by atoms with E-state index in [-0.39, 0.29) is 17.7 Å². The lowest BCUT2D eigenvalue weighted by molar-refractivity contribution is 0.0953. The van der Waals surface area contributed by atoms with Gasteiger partial charge < -0.3 is 20.6 Å². The van der Waals surface area contributed by atoms with Gasteiger partial charge in [0.05, 0.1) is 4.47 Å². The van der Waals surface area contributed by atoms with E-state index in [1.165, 1.54) is 11.0 Å². The third kappa shape index (κ3) is 4.78. The van der Waals surface area contributed by atoms with Gasteiger partial charge in [-0.05, 0) is 34.1 Å². The Labute approximate surface area is 119 Å². The predicted octanol–water partition coefficient (Wildman–Crippen LogP) is 1.16. The van der Waals surface area contributed by atoms with Gasteiger partial charge in [-0.2, -0.15) is 0 Å². The van der Waals surface area contributed by atoms with Crippen LogP contribution in [0.3, 0.4) is 0 Å². The number of carbonyl (C=O) groups excluding carboxylic acids is 2. The first-order valence-electron chi connectivity index (χ1n) is 5.63. The van der Waals surface area contributed by atoms with Crippen molar-refractivity contribution in [2.24, 2.45) is 0 Å². The number of phenolic OH excluding ortho intramolecular Hbond substituents is 1. The van der Waals surface area contributed by atoms with Gasteiger partial charge in [0.1, 0.15) is 5.75 Å². The minimum Gasteiger partial charge on any atom is -0.507 e. The molecule has 1 rings (SSSR count). The molecule has 1 aromatic rings. The van der Waals surface area contributed by atoms with E-state index in [1.807, 2.05) is 0 Å². The average Bonchev–Trinajstić information content (AvgIpc) is 2.37. The summed E-state index contributed by atoms with van der Waals surface area (Å²) in [6, 6.07) is 4.35. The molecular weight excluding hydrogens is 314 g/mol. The topological polar surface area (TPSA) is 81.7 Å². The van der Waals surface area contributed by atoms with Gasteiger partial charge in [0.15, 0.2) is 0 Å². The van der Waals surface area contributed by atoms with Crippen molar-refractivity contribution in [1.82, 2.24) is 15.5 Å². The highest BCUT2D eigenvalue weighted by atomic mass is 79.9. The van der Waals surface area contributed by atoms with Crippen LogP contribution in [-0.2, 0) is 0 Å². The van der Waals surface area contributed by atoms with Crippen LogP contribution in [0, 0.1) is 0 Å². The fourth-order valence-electron chi connectivity index (χ4n) is 1.26. The second-order valence-corrected chi connectivity index (χ2v) is 4.90. The number of phenols is 1. The lowest BCUT2D eigenvalue weighted by atomic mass is 10.2. The Morgan fingerprint density at radius 1 is 1.26 bits per heavy atom. The van der Waals surface area contributed by atoms with Gasteiger partial charge in [-0.15, -0.1) is 0 Å². The second kappa shape index (κ2) is 6.98. The molecule has 0 saturated carbocycles. The normalized spacial score (nSPS) is 9.84. The summed E-state index contributed by atoms with van der Waals surface area (Å²) in [6.07, 6.45) is 0. The first kappa shape index (κ1) is 15.3. The number of hydrogen-bond donors (Lipinski definition) is 3. The Morgan fingerprint density at radius 2 is 1.89 bits per heavy atom. The van der Waals surface area contributed by atoms with Crippen LogP contribution in [0.2, 0.25) is 0 Å². The highest BCUT2D eigenvalue weighted by molar-refractivity contribution is 9.10. The van der Waals surface area contributed by atoms with Gasteiger partial charge in [0, 0.05) is 32.7 Å².